The van der Waals surface area contributed by atoms with Crippen molar-refractivity contribution in [1.29, 1.82) is 5.26 Å². The topological polar surface area (TPSA) is 121 Å². The summed E-state index contributed by atoms with van der Waals surface area (Å²) in [5.74, 6) is -3.46. The molecule has 0 radical (unpaired) electrons. The summed E-state index contributed by atoms with van der Waals surface area (Å²) in [5, 5.41) is 25.9. The zero-order valence-corrected chi connectivity index (χ0v) is 27.6. The first-order valence-electron chi connectivity index (χ1n) is 14.1. The third-order valence-corrected chi connectivity index (χ3v) is 10.4. The van der Waals surface area contributed by atoms with Crippen LogP contribution in [0.3, 0.4) is 0 Å². The largest absolute Gasteiger partial charge is 0.361 e. The van der Waals surface area contributed by atoms with E-state index in [2.05, 4.69) is 55.4 Å². The lowest BCUT2D eigenvalue weighted by molar-refractivity contribution is -0.387. The number of halogens is 3. The van der Waals surface area contributed by atoms with E-state index < -0.39 is 55.3 Å². The van der Waals surface area contributed by atoms with Crippen molar-refractivity contribution in [2.24, 2.45) is 0 Å². The van der Waals surface area contributed by atoms with Crippen LogP contribution in [0, 0.1) is 38.9 Å². The molecule has 4 aromatic rings. The molecule has 15 heteroatoms. The van der Waals surface area contributed by atoms with Gasteiger partial charge in [-0.3, -0.25) is 14.7 Å². The molecule has 10 nitrogen and oxygen atoms in total. The van der Waals surface area contributed by atoms with Crippen LogP contribution in [-0.4, -0.2) is 53.6 Å². The van der Waals surface area contributed by atoms with Crippen LogP contribution in [0.25, 0.3) is 33.5 Å². The number of rotatable bonds is 13. The molecule has 0 amide bonds. The number of nitriles is 1. The van der Waals surface area contributed by atoms with E-state index in [1.807, 2.05) is 0 Å². The van der Waals surface area contributed by atoms with E-state index in [-0.39, 0.29) is 41.6 Å². The molecule has 0 aliphatic rings. The van der Waals surface area contributed by atoms with Crippen molar-refractivity contribution < 1.29 is 27.6 Å². The maximum Gasteiger partial charge on any atom is 0.305 e. The minimum absolute atomic E-state index is 0.00837. The lowest BCUT2D eigenvalue weighted by Gasteiger charge is -2.16. The number of aromatic nitrogens is 4. The van der Waals surface area contributed by atoms with E-state index >= 15 is 8.78 Å². The highest BCUT2D eigenvalue weighted by Crippen LogP contribution is 2.38. The van der Waals surface area contributed by atoms with Crippen LogP contribution in [0.4, 0.5) is 18.9 Å². The molecule has 2 aromatic carbocycles. The highest BCUT2D eigenvalue weighted by Gasteiger charge is 2.28. The smallest absolute Gasteiger partial charge is 0.305 e. The summed E-state index contributed by atoms with van der Waals surface area (Å²) in [6, 6.07) is 7.81. The number of benzene rings is 2. The van der Waals surface area contributed by atoms with Crippen LogP contribution in [0.2, 0.25) is 51.4 Å². The molecule has 0 spiro atoms. The number of nitro groups is 1. The van der Waals surface area contributed by atoms with Crippen molar-refractivity contribution in [1.82, 2.24) is 19.3 Å². The van der Waals surface area contributed by atoms with E-state index in [1.165, 1.54) is 21.5 Å². The maximum absolute atomic E-state index is 16.4. The zero-order chi connectivity index (χ0) is 32.4. The number of imidazole rings is 1. The summed E-state index contributed by atoms with van der Waals surface area (Å²) in [7, 11) is -2.82. The van der Waals surface area contributed by atoms with Crippen LogP contribution < -0.4 is 0 Å². The molecule has 234 valence electrons. The molecule has 0 unspecified atom stereocenters. The van der Waals surface area contributed by atoms with Gasteiger partial charge in [0.15, 0.2) is 11.6 Å². The Balaban J connectivity index is 1.85. The number of ether oxygens (including phenoxy) is 2. The van der Waals surface area contributed by atoms with Crippen molar-refractivity contribution in [3.05, 3.63) is 63.7 Å². The highest BCUT2D eigenvalue weighted by atomic mass is 28.3. The average Bonchev–Trinajstić information content (AvgIpc) is 3.50. The van der Waals surface area contributed by atoms with Gasteiger partial charge >= 0.3 is 5.69 Å². The zero-order valence-electron chi connectivity index (χ0n) is 25.6. The third-order valence-electron chi connectivity index (χ3n) is 7.00. The Bertz CT molecular complexity index is 1740. The Morgan fingerprint density at radius 1 is 0.955 bits per heavy atom. The van der Waals surface area contributed by atoms with Gasteiger partial charge in [-0.15, -0.1) is 0 Å². The molecule has 4 rings (SSSR count). The van der Waals surface area contributed by atoms with Crippen molar-refractivity contribution >= 4 is 32.7 Å². The summed E-state index contributed by atoms with van der Waals surface area (Å²) in [4.78, 5) is 14.7. The van der Waals surface area contributed by atoms with Crippen LogP contribution >= 0.6 is 0 Å². The molecule has 0 saturated heterocycles. The van der Waals surface area contributed by atoms with Gasteiger partial charge in [-0.1, -0.05) is 45.3 Å². The lowest BCUT2D eigenvalue weighted by atomic mass is 10.0. The molecule has 0 aliphatic carbocycles. The van der Waals surface area contributed by atoms with E-state index in [9.17, 15) is 19.8 Å². The number of hydrogen-bond donors (Lipinski definition) is 0. The Morgan fingerprint density at radius 2 is 1.59 bits per heavy atom. The number of nitrogens with zero attached hydrogens (tertiary/aromatic N) is 6. The fraction of sp³-hybridized carbons (Fsp3) is 0.414. The molecule has 44 heavy (non-hydrogen) atoms. The molecular formula is C29H35F3N6O4Si2. The Kier molecular flexibility index (Phi) is 9.78. The normalized spacial score (nSPS) is 12.2. The first kappa shape index (κ1) is 33.1. The molecule has 0 saturated carbocycles. The van der Waals surface area contributed by atoms with Gasteiger partial charge in [-0.05, 0) is 24.2 Å². The van der Waals surface area contributed by atoms with Gasteiger partial charge < -0.3 is 9.47 Å². The predicted octanol–water partition coefficient (Wildman–Crippen LogP) is 7.39. The Labute approximate surface area is 255 Å². The van der Waals surface area contributed by atoms with Crippen molar-refractivity contribution in [2.45, 2.75) is 64.8 Å². The standard InChI is InChI=1S/C29H35F3N6O4Si2/c1-43(2,3)13-11-41-17-36-19(15-33)16-34-29(36)27-21-8-7-20(24-22(30)9-10-23(26(24)32)38(39)40)25(31)28(21)37(35-27)18-42-12-14-44(4,5)6/h7-10,16H,11-14,17-18H2,1-6H3. The fourth-order valence-corrected chi connectivity index (χ4v) is 5.98. The first-order chi connectivity index (χ1) is 20.6. The van der Waals surface area contributed by atoms with E-state index in [4.69, 9.17) is 9.47 Å². The lowest BCUT2D eigenvalue weighted by Crippen LogP contribution is -2.22. The number of hydrogen-bond acceptors (Lipinski definition) is 7. The molecule has 2 aromatic heterocycles. The van der Waals surface area contributed by atoms with Crippen LogP contribution in [0.5, 0.6) is 0 Å². The summed E-state index contributed by atoms with van der Waals surface area (Å²) in [6.07, 6.45) is 1.37. The van der Waals surface area contributed by atoms with E-state index in [0.717, 1.165) is 24.2 Å². The van der Waals surface area contributed by atoms with E-state index in [0.29, 0.717) is 19.3 Å². The van der Waals surface area contributed by atoms with Gasteiger partial charge in [0.2, 0.25) is 5.82 Å². The van der Waals surface area contributed by atoms with Crippen molar-refractivity contribution in [3.63, 3.8) is 0 Å². The predicted molar refractivity (Wildman–Crippen MR) is 166 cm³/mol. The van der Waals surface area contributed by atoms with Crippen molar-refractivity contribution in [2.75, 3.05) is 13.2 Å². The Hall–Kier alpha value is -3.85. The fourth-order valence-electron chi connectivity index (χ4n) is 4.46. The summed E-state index contributed by atoms with van der Waals surface area (Å²) in [5.41, 5.74) is -2.08. The van der Waals surface area contributed by atoms with Gasteiger partial charge in [-0.2, -0.15) is 14.8 Å². The number of nitro benzene ring substituents is 1. The summed E-state index contributed by atoms with van der Waals surface area (Å²) in [6.45, 7) is 13.9. The second-order valence-electron chi connectivity index (χ2n) is 12.9. The molecule has 0 aliphatic heterocycles. The molecular weight excluding hydrogens is 610 g/mol. The van der Waals surface area contributed by atoms with Gasteiger partial charge in [0, 0.05) is 46.4 Å². The molecule has 0 fully saturated rings. The minimum atomic E-state index is -1.49. The van der Waals surface area contributed by atoms with Gasteiger partial charge in [0.05, 0.1) is 16.7 Å². The Morgan fingerprint density at radius 3 is 2.18 bits per heavy atom. The molecule has 0 N–H and O–H groups in total. The van der Waals surface area contributed by atoms with E-state index in [1.54, 1.807) is 0 Å². The van der Waals surface area contributed by atoms with Gasteiger partial charge in [0.1, 0.15) is 42.3 Å². The number of fused-ring (bicyclic) bond motifs is 1. The van der Waals surface area contributed by atoms with Crippen molar-refractivity contribution in [3.8, 4) is 28.7 Å². The van der Waals surface area contributed by atoms with Crippen LogP contribution in [0.1, 0.15) is 5.69 Å². The SMILES string of the molecule is C[Si](C)(C)CCOCn1c(C#N)cnc1-c1nn(COCC[Si](C)(C)C)c2c(F)c(-c3c(F)ccc([N+](=O)[O-])c3F)ccc12. The van der Waals surface area contributed by atoms with Gasteiger partial charge in [0.25, 0.3) is 0 Å². The first-order valence-corrected chi connectivity index (χ1v) is 21.5. The molecule has 2 heterocycles. The minimum Gasteiger partial charge on any atom is -0.361 e. The maximum atomic E-state index is 16.4. The molecule has 0 bridgehead atoms. The quantitative estimate of drug-likeness (QED) is 0.0644. The molecule has 0 atom stereocenters. The second-order valence-corrected chi connectivity index (χ2v) is 24.1. The van der Waals surface area contributed by atoms with Gasteiger partial charge in [-0.25, -0.2) is 18.4 Å². The second kappa shape index (κ2) is 13.0. The highest BCUT2D eigenvalue weighted by molar-refractivity contribution is 6.76. The average molecular weight is 645 g/mol. The summed E-state index contributed by atoms with van der Waals surface area (Å²) >= 11 is 0. The van der Waals surface area contributed by atoms with Crippen LogP contribution in [-0.2, 0) is 22.9 Å². The summed E-state index contributed by atoms with van der Waals surface area (Å²) < 4.78 is 60.9. The van der Waals surface area contributed by atoms with Crippen LogP contribution in [0.15, 0.2) is 30.5 Å². The third kappa shape index (κ3) is 7.26. The monoisotopic (exact) mass is 644 g/mol.